The molecular weight excluding hydrogens is 435 g/mol. The zero-order chi connectivity index (χ0) is 12.2. The van der Waals surface area contributed by atoms with Crippen LogP contribution in [0.25, 0.3) is 0 Å². The van der Waals surface area contributed by atoms with Crippen molar-refractivity contribution in [2.75, 3.05) is 6.54 Å². The van der Waals surface area contributed by atoms with E-state index in [1.165, 1.54) is 0 Å². The summed E-state index contributed by atoms with van der Waals surface area (Å²) in [7, 11) is 0. The van der Waals surface area contributed by atoms with Gasteiger partial charge in [0.25, 0.3) is 0 Å². The SMILES string of the molecule is CC[C-](CC)NC(=O)CCCCCNC=O.[Pa]. The summed E-state index contributed by atoms with van der Waals surface area (Å²) in [4.78, 5) is 21.4. The number of amides is 2. The van der Waals surface area contributed by atoms with Gasteiger partial charge in [0.1, 0.15) is 0 Å². The largest absolute Gasteiger partial charge is 0.503 e. The van der Waals surface area contributed by atoms with Crippen molar-refractivity contribution in [3.8, 4) is 0 Å². The standard InChI is InChI=1S/C12H23N2O2.Pa/c1-3-11(4-2)14-12(16)8-6-5-7-9-13-10-15;/h10H,3-9H2,1-2H3,(H,13,15)(H,14,16);/q-1;. The van der Waals surface area contributed by atoms with Gasteiger partial charge in [-0.2, -0.15) is 12.8 Å². The molecule has 0 saturated heterocycles. The molecule has 0 aromatic carbocycles. The maximum absolute atomic E-state index is 11.5. The molecule has 4 nitrogen and oxygen atoms in total. The molecule has 0 saturated carbocycles. The molecule has 0 aromatic rings. The molecule has 0 atom stereocenters. The van der Waals surface area contributed by atoms with Gasteiger partial charge in [-0.3, -0.25) is 9.59 Å². The van der Waals surface area contributed by atoms with Crippen molar-refractivity contribution in [3.05, 3.63) is 6.04 Å². The predicted octanol–water partition coefficient (Wildman–Crippen LogP) is 1.76. The van der Waals surface area contributed by atoms with Crippen LogP contribution in [-0.4, -0.2) is 18.9 Å². The first-order chi connectivity index (χ1) is 7.74. The average Bonchev–Trinajstić information content (AvgIpc) is 2.30. The normalized spacial score (nSPS) is 9.59. The van der Waals surface area contributed by atoms with Crippen LogP contribution in [0.3, 0.4) is 0 Å². The van der Waals surface area contributed by atoms with Crippen LogP contribution in [0.2, 0.25) is 0 Å². The van der Waals surface area contributed by atoms with E-state index in [9.17, 15) is 9.59 Å². The molecule has 2 amide bonds. The van der Waals surface area contributed by atoms with Crippen LogP contribution >= 0.6 is 0 Å². The molecule has 1 radical (unpaired) electrons. The van der Waals surface area contributed by atoms with E-state index in [-0.39, 0.29) is 38.2 Å². The Hall–Kier alpha value is 0.0309. The Labute approximate surface area is 129 Å². The second-order valence-corrected chi connectivity index (χ2v) is 3.74. The van der Waals surface area contributed by atoms with Gasteiger partial charge in [0, 0.05) is 45.3 Å². The first-order valence-electron chi connectivity index (χ1n) is 6.06. The smallest absolute Gasteiger partial charge is 0.207 e. The summed E-state index contributed by atoms with van der Waals surface area (Å²) >= 11 is 0. The van der Waals surface area contributed by atoms with Crippen LogP contribution in [0, 0.1) is 38.3 Å². The minimum atomic E-state index is 0. The van der Waals surface area contributed by atoms with Crippen LogP contribution in [0.5, 0.6) is 0 Å². The zero-order valence-corrected chi connectivity index (χ0v) is 15.7. The van der Waals surface area contributed by atoms with Crippen molar-refractivity contribution < 1.29 is 41.9 Å². The van der Waals surface area contributed by atoms with E-state index in [0.717, 1.165) is 38.1 Å². The maximum Gasteiger partial charge on any atom is 0.207 e. The van der Waals surface area contributed by atoms with Gasteiger partial charge < -0.3 is 10.6 Å². The Kier molecular flexibility index (Phi) is 16.1. The molecule has 0 bridgehead atoms. The quantitative estimate of drug-likeness (QED) is 0.298. The molecule has 17 heavy (non-hydrogen) atoms. The van der Waals surface area contributed by atoms with Crippen molar-refractivity contribution in [2.24, 2.45) is 0 Å². The van der Waals surface area contributed by atoms with Gasteiger partial charge in [-0.15, -0.1) is 0 Å². The number of hydrogen-bond donors (Lipinski definition) is 2. The minimum Gasteiger partial charge on any atom is -0.503 e. The number of unbranched alkanes of at least 4 members (excludes halogenated alkanes) is 2. The number of rotatable bonds is 10. The Balaban J connectivity index is 0. The van der Waals surface area contributed by atoms with E-state index in [1.807, 2.05) is 13.8 Å². The van der Waals surface area contributed by atoms with Gasteiger partial charge in [-0.25, -0.2) is 6.04 Å². The minimum absolute atomic E-state index is 0. The summed E-state index contributed by atoms with van der Waals surface area (Å²) in [5, 5.41) is 5.53. The van der Waals surface area contributed by atoms with Crippen LogP contribution < -0.4 is 10.6 Å². The van der Waals surface area contributed by atoms with Gasteiger partial charge in [0.15, 0.2) is 5.91 Å². The van der Waals surface area contributed by atoms with E-state index in [4.69, 9.17) is 0 Å². The molecule has 0 rings (SSSR count). The van der Waals surface area contributed by atoms with E-state index < -0.39 is 0 Å². The van der Waals surface area contributed by atoms with Gasteiger partial charge in [0.2, 0.25) is 6.41 Å². The maximum atomic E-state index is 11.5. The average molecular weight is 458 g/mol. The zero-order valence-electron chi connectivity index (χ0n) is 10.9. The predicted molar refractivity (Wildman–Crippen MR) is 64.5 cm³/mol. The van der Waals surface area contributed by atoms with Gasteiger partial charge in [-0.05, 0) is 12.8 Å². The Morgan fingerprint density at radius 3 is 2.35 bits per heavy atom. The fourth-order valence-electron chi connectivity index (χ4n) is 1.43. The molecule has 0 aliphatic heterocycles. The van der Waals surface area contributed by atoms with Crippen LogP contribution in [-0.2, 0) is 9.59 Å². The van der Waals surface area contributed by atoms with Crippen molar-refractivity contribution in [1.29, 1.82) is 0 Å². The monoisotopic (exact) mass is 458 g/mol. The van der Waals surface area contributed by atoms with Crippen LogP contribution in [0.1, 0.15) is 52.4 Å². The second-order valence-electron chi connectivity index (χ2n) is 3.74. The molecule has 5 heteroatoms. The van der Waals surface area contributed by atoms with E-state index in [0.29, 0.717) is 19.4 Å². The van der Waals surface area contributed by atoms with Gasteiger partial charge in [0.05, 0.1) is 0 Å². The van der Waals surface area contributed by atoms with Crippen LogP contribution in [0.15, 0.2) is 0 Å². The van der Waals surface area contributed by atoms with Crippen molar-refractivity contribution >= 4 is 12.3 Å². The fourth-order valence-corrected chi connectivity index (χ4v) is 1.43. The molecule has 2 N–H and O–H groups in total. The number of carbonyl (C=O) groups excluding carboxylic acids is 2. The second kappa shape index (κ2) is 14.1. The third kappa shape index (κ3) is 12.3. The Morgan fingerprint density at radius 2 is 1.82 bits per heavy atom. The summed E-state index contributed by atoms with van der Waals surface area (Å²) in [6.07, 6.45) is 5.89. The van der Waals surface area contributed by atoms with Gasteiger partial charge >= 0.3 is 0 Å². The van der Waals surface area contributed by atoms with Crippen molar-refractivity contribution in [1.82, 2.24) is 10.6 Å². The third-order valence-corrected chi connectivity index (χ3v) is 2.48. The molecule has 0 spiro atoms. The molecule has 0 aliphatic carbocycles. The number of nitrogens with one attached hydrogen (secondary N) is 2. The fraction of sp³-hybridized carbons (Fsp3) is 0.750. The Bertz CT molecular complexity index is 197. The molecule has 0 aromatic heterocycles. The number of hydrogen-bond acceptors (Lipinski definition) is 2. The molecule has 0 heterocycles. The molecular formula is C12H23N2O2Pa-. The first-order valence-corrected chi connectivity index (χ1v) is 6.06. The van der Waals surface area contributed by atoms with E-state index >= 15 is 0 Å². The van der Waals surface area contributed by atoms with Crippen molar-refractivity contribution in [2.45, 2.75) is 52.4 Å². The van der Waals surface area contributed by atoms with Crippen molar-refractivity contribution in [3.63, 3.8) is 0 Å². The summed E-state index contributed by atoms with van der Waals surface area (Å²) in [5.41, 5.74) is 0. The Morgan fingerprint density at radius 1 is 1.18 bits per heavy atom. The van der Waals surface area contributed by atoms with Gasteiger partial charge in [-0.1, -0.05) is 20.3 Å². The molecule has 0 unspecified atom stereocenters. The summed E-state index contributed by atoms with van der Waals surface area (Å²) in [5.74, 6) is 0.113. The first kappa shape index (κ1) is 19.4. The molecule has 0 fully saturated rings. The summed E-state index contributed by atoms with van der Waals surface area (Å²) in [6, 6.07) is 1.10. The third-order valence-electron chi connectivity index (χ3n) is 2.48. The number of carbonyl (C=O) groups is 2. The molecule has 0 aliphatic rings. The van der Waals surface area contributed by atoms with E-state index in [2.05, 4.69) is 10.6 Å². The molecule has 97 valence electrons. The summed E-state index contributed by atoms with van der Waals surface area (Å²) in [6.45, 7) is 4.79. The van der Waals surface area contributed by atoms with Crippen LogP contribution in [0.4, 0.5) is 0 Å². The van der Waals surface area contributed by atoms with E-state index in [1.54, 1.807) is 0 Å². The summed E-state index contributed by atoms with van der Waals surface area (Å²) < 4.78 is 0. The topological polar surface area (TPSA) is 58.2 Å².